The average Bonchev–Trinajstić information content (AvgIpc) is 3.51. The molecule has 3 aromatic rings. The smallest absolute Gasteiger partial charge is 0.163 e. The topological polar surface area (TPSA) is 91.7 Å². The number of nitrogens with zero attached hydrogens (tertiary/aromatic N) is 3. The predicted molar refractivity (Wildman–Crippen MR) is 145 cm³/mol. The molecule has 0 aliphatic carbocycles. The highest BCUT2D eigenvalue weighted by atomic mass is 35.5. The summed E-state index contributed by atoms with van der Waals surface area (Å²) >= 11 is 6.42. The van der Waals surface area contributed by atoms with Crippen molar-refractivity contribution < 1.29 is 14.2 Å². The minimum Gasteiger partial charge on any atom is -0.497 e. The summed E-state index contributed by atoms with van der Waals surface area (Å²) in [5, 5.41) is 17.8. The lowest BCUT2D eigenvalue weighted by atomic mass is 10.0. The molecule has 8 nitrogen and oxygen atoms in total. The number of rotatable bonds is 10. The Labute approximate surface area is 222 Å². The van der Waals surface area contributed by atoms with E-state index in [4.69, 9.17) is 25.8 Å². The van der Waals surface area contributed by atoms with Gasteiger partial charge in [-0.25, -0.2) is 0 Å². The Kier molecular flexibility index (Phi) is 7.85. The summed E-state index contributed by atoms with van der Waals surface area (Å²) in [6.07, 6.45) is 3.62. The molecule has 2 fully saturated rings. The van der Waals surface area contributed by atoms with E-state index in [1.54, 1.807) is 38.6 Å². The summed E-state index contributed by atoms with van der Waals surface area (Å²) in [4.78, 5) is 7.09. The first kappa shape index (κ1) is 25.4. The highest BCUT2D eigenvalue weighted by molar-refractivity contribution is 6.33. The quantitative estimate of drug-likeness (QED) is 0.366. The number of ether oxygens (including phenoxy) is 3. The van der Waals surface area contributed by atoms with Crippen LogP contribution in [0, 0.1) is 23.2 Å². The highest BCUT2D eigenvalue weighted by Gasteiger charge is 2.35. The van der Waals surface area contributed by atoms with Crippen LogP contribution in [0.3, 0.4) is 0 Å². The van der Waals surface area contributed by atoms with Crippen LogP contribution in [0.15, 0.2) is 36.5 Å². The first-order chi connectivity index (χ1) is 18.1. The van der Waals surface area contributed by atoms with Gasteiger partial charge >= 0.3 is 0 Å². The van der Waals surface area contributed by atoms with E-state index in [1.165, 1.54) is 26.2 Å². The number of anilines is 2. The first-order valence-electron chi connectivity index (χ1n) is 12.7. The molecule has 0 bridgehead atoms. The van der Waals surface area contributed by atoms with Gasteiger partial charge in [-0.3, -0.25) is 4.98 Å². The Morgan fingerprint density at radius 2 is 1.92 bits per heavy atom. The molecule has 2 N–H and O–H groups in total. The molecule has 0 radical (unpaired) electrons. The molecule has 2 aliphatic heterocycles. The standard InChI is InChI=1S/C28H32ClN5O3/c1-35-21-5-6-23(29)25(9-21)33-28-18(12-30)15-32-24-11-27(26(36-2)10-22(24)28)37-8-4-3-7-34-16-19-13-31-14-20(19)17-34/h5-6,9-11,15,19-20,31H,3-4,7-8,13-14,16-17H2,1-2H3,(H,32,33)/t19-,20+. The van der Waals surface area contributed by atoms with Crippen LogP contribution < -0.4 is 24.8 Å². The molecule has 0 unspecified atom stereocenters. The lowest BCUT2D eigenvalue weighted by Gasteiger charge is -2.18. The van der Waals surface area contributed by atoms with Crippen molar-refractivity contribution in [3.63, 3.8) is 0 Å². The van der Waals surface area contributed by atoms with E-state index in [2.05, 4.69) is 26.6 Å². The molecule has 5 rings (SSSR count). The van der Waals surface area contributed by atoms with Crippen molar-refractivity contribution in [3.05, 3.63) is 47.1 Å². The van der Waals surface area contributed by atoms with Gasteiger partial charge in [-0.15, -0.1) is 0 Å². The van der Waals surface area contributed by atoms with E-state index in [0.717, 1.165) is 36.6 Å². The van der Waals surface area contributed by atoms with E-state index in [1.807, 2.05) is 12.1 Å². The van der Waals surface area contributed by atoms with Gasteiger partial charge in [0.15, 0.2) is 11.5 Å². The number of methoxy groups -OCH3 is 2. The van der Waals surface area contributed by atoms with Crippen LogP contribution in [-0.4, -0.2) is 63.4 Å². The zero-order chi connectivity index (χ0) is 25.8. The Morgan fingerprint density at radius 3 is 2.65 bits per heavy atom. The van der Waals surface area contributed by atoms with Crippen LogP contribution in [0.1, 0.15) is 18.4 Å². The van der Waals surface area contributed by atoms with Gasteiger partial charge in [-0.1, -0.05) is 11.6 Å². The minimum absolute atomic E-state index is 0.393. The van der Waals surface area contributed by atoms with E-state index >= 15 is 0 Å². The van der Waals surface area contributed by atoms with Crippen molar-refractivity contribution in [2.24, 2.45) is 11.8 Å². The van der Waals surface area contributed by atoms with Crippen molar-refractivity contribution >= 4 is 33.9 Å². The molecule has 0 amide bonds. The Hall–Kier alpha value is -3.25. The molecule has 3 heterocycles. The molecule has 0 spiro atoms. The van der Waals surface area contributed by atoms with Crippen molar-refractivity contribution in [1.82, 2.24) is 15.2 Å². The van der Waals surface area contributed by atoms with Crippen LogP contribution >= 0.6 is 11.6 Å². The normalized spacial score (nSPS) is 19.0. The number of fused-ring (bicyclic) bond motifs is 2. The van der Waals surface area contributed by atoms with Gasteiger partial charge in [-0.2, -0.15) is 5.26 Å². The van der Waals surface area contributed by atoms with Gasteiger partial charge in [0, 0.05) is 36.8 Å². The molecular formula is C28H32ClN5O3. The van der Waals surface area contributed by atoms with Crippen molar-refractivity contribution in [2.45, 2.75) is 12.8 Å². The summed E-state index contributed by atoms with van der Waals surface area (Å²) in [6.45, 7) is 6.48. The fourth-order valence-electron chi connectivity index (χ4n) is 5.31. The number of hydrogen-bond acceptors (Lipinski definition) is 8. The maximum Gasteiger partial charge on any atom is 0.163 e. The molecule has 2 saturated heterocycles. The van der Waals surface area contributed by atoms with Crippen molar-refractivity contribution in [1.29, 1.82) is 5.26 Å². The molecule has 194 valence electrons. The number of nitrogens with one attached hydrogen (secondary N) is 2. The van der Waals surface area contributed by atoms with E-state index in [-0.39, 0.29) is 0 Å². The van der Waals surface area contributed by atoms with E-state index in [9.17, 15) is 5.26 Å². The molecule has 0 saturated carbocycles. The van der Waals surface area contributed by atoms with Crippen LogP contribution in [0.5, 0.6) is 17.2 Å². The number of hydrogen-bond donors (Lipinski definition) is 2. The molecule has 2 aliphatic rings. The number of benzene rings is 2. The largest absolute Gasteiger partial charge is 0.497 e. The monoisotopic (exact) mass is 521 g/mol. The molecule has 37 heavy (non-hydrogen) atoms. The lowest BCUT2D eigenvalue weighted by molar-refractivity contribution is 0.263. The van der Waals surface area contributed by atoms with Gasteiger partial charge in [0.1, 0.15) is 11.8 Å². The van der Waals surface area contributed by atoms with Gasteiger partial charge in [0.25, 0.3) is 0 Å². The average molecular weight is 522 g/mol. The summed E-state index contributed by atoms with van der Waals surface area (Å²) < 4.78 is 17.1. The minimum atomic E-state index is 0.393. The Balaban J connectivity index is 1.29. The fourth-order valence-corrected chi connectivity index (χ4v) is 5.47. The molecular weight excluding hydrogens is 490 g/mol. The van der Waals surface area contributed by atoms with Gasteiger partial charge in [0.05, 0.1) is 48.3 Å². The maximum atomic E-state index is 9.75. The Morgan fingerprint density at radius 1 is 1.11 bits per heavy atom. The third-order valence-corrected chi connectivity index (χ3v) is 7.63. The summed E-state index contributed by atoms with van der Waals surface area (Å²) in [5.74, 6) is 3.53. The fraction of sp³-hybridized carbons (Fsp3) is 0.429. The second-order valence-electron chi connectivity index (χ2n) is 9.64. The predicted octanol–water partition coefficient (Wildman–Crippen LogP) is 4.83. The van der Waals surface area contributed by atoms with Gasteiger partial charge in [0.2, 0.25) is 0 Å². The van der Waals surface area contributed by atoms with Crippen LogP contribution in [0.2, 0.25) is 5.02 Å². The van der Waals surface area contributed by atoms with Crippen LogP contribution in [0.4, 0.5) is 11.4 Å². The van der Waals surface area contributed by atoms with E-state index in [0.29, 0.717) is 51.3 Å². The number of likely N-dealkylation sites (tertiary alicyclic amines) is 1. The maximum absolute atomic E-state index is 9.75. The number of nitriles is 1. The zero-order valence-corrected chi connectivity index (χ0v) is 22.0. The Bertz CT molecular complexity index is 1300. The van der Waals surface area contributed by atoms with Gasteiger partial charge < -0.3 is 29.7 Å². The number of aromatic nitrogens is 1. The number of halogens is 1. The van der Waals surface area contributed by atoms with Crippen LogP contribution in [-0.2, 0) is 0 Å². The number of pyridine rings is 1. The molecule has 1 aromatic heterocycles. The second-order valence-corrected chi connectivity index (χ2v) is 10.1. The van der Waals surface area contributed by atoms with Gasteiger partial charge in [-0.05, 0) is 62.5 Å². The molecule has 9 heteroatoms. The third-order valence-electron chi connectivity index (χ3n) is 7.30. The van der Waals surface area contributed by atoms with Crippen LogP contribution in [0.25, 0.3) is 10.9 Å². The third kappa shape index (κ3) is 5.54. The summed E-state index contributed by atoms with van der Waals surface area (Å²) in [7, 11) is 3.21. The summed E-state index contributed by atoms with van der Waals surface area (Å²) in [6, 6.07) is 11.2. The lowest BCUT2D eigenvalue weighted by Crippen LogP contribution is -2.26. The first-order valence-corrected chi connectivity index (χ1v) is 13.0. The number of unbranched alkanes of at least 4 members (excludes halogenated alkanes) is 1. The van der Waals surface area contributed by atoms with Crippen molar-refractivity contribution in [3.8, 4) is 23.3 Å². The molecule has 2 atom stereocenters. The van der Waals surface area contributed by atoms with Crippen molar-refractivity contribution in [2.75, 3.05) is 58.9 Å². The van der Waals surface area contributed by atoms with E-state index < -0.39 is 0 Å². The summed E-state index contributed by atoms with van der Waals surface area (Å²) in [5.41, 5.74) is 2.30. The highest BCUT2D eigenvalue weighted by Crippen LogP contribution is 2.39. The zero-order valence-electron chi connectivity index (χ0n) is 21.2. The molecule has 2 aromatic carbocycles. The SMILES string of the molecule is COc1ccc(Cl)c(Nc2c(C#N)cnc3cc(OCCCCN4C[C@H]5CNC[C@H]5C4)c(OC)cc23)c1. The second kappa shape index (κ2) is 11.4.